The van der Waals surface area contributed by atoms with Gasteiger partial charge in [-0.25, -0.2) is 9.48 Å². The molecule has 2 aromatic rings. The molecule has 1 aromatic carbocycles. The molecule has 0 saturated carbocycles. The van der Waals surface area contributed by atoms with Crippen molar-refractivity contribution in [3.63, 3.8) is 0 Å². The number of nitro benzene ring substituents is 1. The number of para-hydroxylation sites is 1. The molecule has 0 bridgehead atoms. The van der Waals surface area contributed by atoms with Gasteiger partial charge in [0, 0.05) is 24.4 Å². The highest BCUT2D eigenvalue weighted by Crippen LogP contribution is 2.26. The molecular weight excluding hydrogens is 278 g/mol. The summed E-state index contributed by atoms with van der Waals surface area (Å²) < 4.78 is 1.18. The molecule has 0 fully saturated rings. The minimum Gasteiger partial charge on any atom is -0.476 e. The zero-order valence-electron chi connectivity index (χ0n) is 11.2. The van der Waals surface area contributed by atoms with E-state index in [4.69, 9.17) is 10.2 Å². The topological polar surface area (TPSA) is 118 Å². The molecule has 2 rings (SSSR count). The van der Waals surface area contributed by atoms with E-state index in [0.717, 1.165) is 0 Å². The predicted octanol–water partition coefficient (Wildman–Crippen LogP) is 1.32. The molecular formula is C13H13N3O5. The summed E-state index contributed by atoms with van der Waals surface area (Å²) in [7, 11) is 0. The van der Waals surface area contributed by atoms with E-state index in [-0.39, 0.29) is 30.1 Å². The van der Waals surface area contributed by atoms with Gasteiger partial charge in [-0.3, -0.25) is 10.1 Å². The molecule has 0 aliphatic heterocycles. The van der Waals surface area contributed by atoms with E-state index in [2.05, 4.69) is 5.10 Å². The van der Waals surface area contributed by atoms with Crippen molar-refractivity contribution in [2.24, 2.45) is 0 Å². The van der Waals surface area contributed by atoms with Gasteiger partial charge in [-0.2, -0.15) is 5.10 Å². The summed E-state index contributed by atoms with van der Waals surface area (Å²) in [4.78, 5) is 21.7. The summed E-state index contributed by atoms with van der Waals surface area (Å²) in [5.74, 6) is -1.24. The zero-order valence-corrected chi connectivity index (χ0v) is 11.2. The number of aromatic nitrogens is 2. The van der Waals surface area contributed by atoms with Crippen LogP contribution in [-0.2, 0) is 6.42 Å². The number of aliphatic hydroxyl groups is 1. The Morgan fingerprint density at radius 1 is 1.48 bits per heavy atom. The van der Waals surface area contributed by atoms with Crippen LogP contribution in [0.1, 0.15) is 21.6 Å². The van der Waals surface area contributed by atoms with Crippen LogP contribution in [0.5, 0.6) is 0 Å². The lowest BCUT2D eigenvalue weighted by Crippen LogP contribution is -2.06. The molecule has 0 radical (unpaired) electrons. The highest BCUT2D eigenvalue weighted by atomic mass is 16.6. The Morgan fingerprint density at radius 3 is 2.76 bits per heavy atom. The van der Waals surface area contributed by atoms with Gasteiger partial charge in [0.2, 0.25) is 0 Å². The van der Waals surface area contributed by atoms with Gasteiger partial charge in [-0.1, -0.05) is 12.1 Å². The smallest absolute Gasteiger partial charge is 0.356 e. The van der Waals surface area contributed by atoms with E-state index in [9.17, 15) is 14.9 Å². The van der Waals surface area contributed by atoms with Gasteiger partial charge < -0.3 is 10.2 Å². The van der Waals surface area contributed by atoms with Gasteiger partial charge in [0.1, 0.15) is 5.69 Å². The maximum atomic E-state index is 11.2. The van der Waals surface area contributed by atoms with Crippen molar-refractivity contribution in [3.8, 4) is 5.69 Å². The van der Waals surface area contributed by atoms with Crippen molar-refractivity contribution in [3.05, 3.63) is 51.3 Å². The standard InChI is InChI=1S/C13H13N3O5/c1-8-3-2-4-10(16(20)21)12(8)15-7-9(5-6-17)11(14-15)13(18)19/h2-4,7,17H,5-6H2,1H3,(H,18,19). The average Bonchev–Trinajstić information content (AvgIpc) is 2.82. The number of rotatable bonds is 5. The van der Waals surface area contributed by atoms with Crippen molar-refractivity contribution in [2.75, 3.05) is 6.61 Å². The maximum Gasteiger partial charge on any atom is 0.356 e. The normalized spacial score (nSPS) is 10.6. The summed E-state index contributed by atoms with van der Waals surface area (Å²) >= 11 is 0. The van der Waals surface area contributed by atoms with Crippen LogP contribution < -0.4 is 0 Å². The minimum atomic E-state index is -1.24. The fraction of sp³-hybridized carbons (Fsp3) is 0.231. The number of carboxylic acid groups (broad SMARTS) is 1. The molecule has 0 unspecified atom stereocenters. The Hall–Kier alpha value is -2.74. The lowest BCUT2D eigenvalue weighted by molar-refractivity contribution is -0.384. The van der Waals surface area contributed by atoms with E-state index in [0.29, 0.717) is 11.1 Å². The molecule has 0 atom stereocenters. The van der Waals surface area contributed by atoms with Crippen molar-refractivity contribution in [2.45, 2.75) is 13.3 Å². The van der Waals surface area contributed by atoms with E-state index in [1.165, 1.54) is 16.9 Å². The summed E-state index contributed by atoms with van der Waals surface area (Å²) in [5.41, 5.74) is 0.752. The number of hydrogen-bond donors (Lipinski definition) is 2. The monoisotopic (exact) mass is 291 g/mol. The Labute approximate surface area is 119 Å². The fourth-order valence-electron chi connectivity index (χ4n) is 2.10. The number of nitrogens with zero attached hydrogens (tertiary/aromatic N) is 3. The van der Waals surface area contributed by atoms with E-state index < -0.39 is 10.9 Å². The number of hydrogen-bond acceptors (Lipinski definition) is 5. The first-order valence-electron chi connectivity index (χ1n) is 6.12. The van der Waals surface area contributed by atoms with E-state index >= 15 is 0 Å². The number of aromatic carboxylic acids is 1. The van der Waals surface area contributed by atoms with Crippen LogP contribution in [0.25, 0.3) is 5.69 Å². The van der Waals surface area contributed by atoms with Crippen molar-refractivity contribution in [1.82, 2.24) is 9.78 Å². The molecule has 0 aliphatic carbocycles. The highest BCUT2D eigenvalue weighted by molar-refractivity contribution is 5.87. The first-order valence-corrected chi connectivity index (χ1v) is 6.12. The molecule has 21 heavy (non-hydrogen) atoms. The second-order valence-corrected chi connectivity index (χ2v) is 4.43. The Kier molecular flexibility index (Phi) is 3.99. The highest BCUT2D eigenvalue weighted by Gasteiger charge is 2.22. The number of nitro groups is 1. The molecule has 1 heterocycles. The molecule has 0 saturated heterocycles. The summed E-state index contributed by atoms with van der Waals surface area (Å²) in [6.45, 7) is 1.44. The second-order valence-electron chi connectivity index (χ2n) is 4.43. The number of carbonyl (C=O) groups is 1. The summed E-state index contributed by atoms with van der Waals surface area (Å²) in [6, 6.07) is 4.56. The van der Waals surface area contributed by atoms with Crippen LogP contribution in [0, 0.1) is 17.0 Å². The Bertz CT molecular complexity index is 708. The zero-order chi connectivity index (χ0) is 15.6. The van der Waals surface area contributed by atoms with Crippen molar-refractivity contribution < 1.29 is 19.9 Å². The van der Waals surface area contributed by atoms with Gasteiger partial charge in [0.05, 0.1) is 4.92 Å². The largest absolute Gasteiger partial charge is 0.476 e. The van der Waals surface area contributed by atoms with Gasteiger partial charge in [0.15, 0.2) is 5.69 Å². The predicted molar refractivity (Wildman–Crippen MR) is 72.7 cm³/mol. The van der Waals surface area contributed by atoms with Crippen molar-refractivity contribution in [1.29, 1.82) is 0 Å². The average molecular weight is 291 g/mol. The van der Waals surface area contributed by atoms with Crippen molar-refractivity contribution >= 4 is 11.7 Å². The van der Waals surface area contributed by atoms with E-state index in [1.54, 1.807) is 19.1 Å². The van der Waals surface area contributed by atoms with Gasteiger partial charge in [0.25, 0.3) is 5.69 Å². The quantitative estimate of drug-likeness (QED) is 0.633. The van der Waals surface area contributed by atoms with Crippen LogP contribution in [0.15, 0.2) is 24.4 Å². The van der Waals surface area contributed by atoms with Crippen LogP contribution >= 0.6 is 0 Å². The molecule has 0 amide bonds. The Morgan fingerprint density at radius 2 is 2.19 bits per heavy atom. The number of aliphatic hydroxyl groups excluding tert-OH is 1. The minimum absolute atomic E-state index is 0.112. The number of aryl methyl sites for hydroxylation is 1. The van der Waals surface area contributed by atoms with Gasteiger partial charge in [-0.05, 0) is 18.9 Å². The van der Waals surface area contributed by atoms with E-state index in [1.807, 2.05) is 0 Å². The number of benzene rings is 1. The SMILES string of the molecule is Cc1cccc([N+](=O)[O-])c1-n1cc(CCO)c(C(=O)O)n1. The molecule has 0 aliphatic rings. The van der Waals surface area contributed by atoms with Crippen LogP contribution in [0.4, 0.5) is 5.69 Å². The van der Waals surface area contributed by atoms with Crippen LogP contribution in [0.2, 0.25) is 0 Å². The van der Waals surface area contributed by atoms with Gasteiger partial charge >= 0.3 is 5.97 Å². The lowest BCUT2D eigenvalue weighted by Gasteiger charge is -2.06. The molecule has 8 nitrogen and oxygen atoms in total. The summed E-state index contributed by atoms with van der Waals surface area (Å²) in [5, 5.41) is 33.1. The van der Waals surface area contributed by atoms with Crippen LogP contribution in [-0.4, -0.2) is 37.5 Å². The van der Waals surface area contributed by atoms with Gasteiger partial charge in [-0.15, -0.1) is 0 Å². The maximum absolute atomic E-state index is 11.2. The fourth-order valence-corrected chi connectivity index (χ4v) is 2.10. The molecule has 0 spiro atoms. The number of carboxylic acids is 1. The molecule has 8 heteroatoms. The molecule has 110 valence electrons. The lowest BCUT2D eigenvalue weighted by atomic mass is 10.1. The molecule has 2 N–H and O–H groups in total. The third kappa shape index (κ3) is 2.75. The molecule has 1 aromatic heterocycles. The summed E-state index contributed by atoms with van der Waals surface area (Å²) in [6.07, 6.45) is 1.51. The first kappa shape index (κ1) is 14.7. The first-order chi connectivity index (χ1) is 9.95. The van der Waals surface area contributed by atoms with Crippen LogP contribution in [0.3, 0.4) is 0 Å². The third-order valence-electron chi connectivity index (χ3n) is 3.02. The third-order valence-corrected chi connectivity index (χ3v) is 3.02. The Balaban J connectivity index is 2.65. The second kappa shape index (κ2) is 5.71.